The van der Waals surface area contributed by atoms with Crippen LogP contribution in [0.4, 0.5) is 0 Å². The predicted molar refractivity (Wildman–Crippen MR) is 74.7 cm³/mol. The molecule has 2 aliphatic heterocycles. The fourth-order valence-electron chi connectivity index (χ4n) is 2.67. The van der Waals surface area contributed by atoms with Crippen molar-refractivity contribution in [1.29, 1.82) is 0 Å². The molecule has 1 saturated heterocycles. The quantitative estimate of drug-likeness (QED) is 0.920. The minimum Gasteiger partial charge on any atom is -0.309 e. The van der Waals surface area contributed by atoms with Crippen molar-refractivity contribution < 1.29 is 8.42 Å². The van der Waals surface area contributed by atoms with E-state index in [2.05, 4.69) is 5.32 Å². The molecule has 1 aromatic carbocycles. The summed E-state index contributed by atoms with van der Waals surface area (Å²) >= 11 is 1.99. The molecule has 0 spiro atoms. The lowest BCUT2D eigenvalue weighted by molar-refractivity contribution is 0.479. The predicted octanol–water partition coefficient (Wildman–Crippen LogP) is 1.86. The van der Waals surface area contributed by atoms with Gasteiger partial charge >= 0.3 is 0 Å². The second-order valence-corrected chi connectivity index (χ2v) is 8.16. The van der Waals surface area contributed by atoms with Gasteiger partial charge in [-0.25, -0.2) is 8.42 Å². The molecule has 0 aliphatic carbocycles. The highest BCUT2D eigenvalue weighted by atomic mass is 32.2. The minimum absolute atomic E-state index is 0.0169. The highest BCUT2D eigenvalue weighted by Gasteiger charge is 2.34. The molecule has 3 rings (SSSR count). The van der Waals surface area contributed by atoms with Gasteiger partial charge in [-0.2, -0.15) is 11.8 Å². The first-order valence-corrected chi connectivity index (χ1v) is 9.10. The number of benzene rings is 1. The molecule has 0 saturated carbocycles. The van der Waals surface area contributed by atoms with E-state index in [-0.39, 0.29) is 11.8 Å². The molecule has 2 atom stereocenters. The van der Waals surface area contributed by atoms with Crippen LogP contribution in [0.3, 0.4) is 0 Å². The van der Waals surface area contributed by atoms with E-state index in [0.29, 0.717) is 10.8 Å². The van der Waals surface area contributed by atoms with Crippen molar-refractivity contribution in [2.24, 2.45) is 5.92 Å². The van der Waals surface area contributed by atoms with Crippen LogP contribution in [0.25, 0.3) is 0 Å². The molecule has 0 amide bonds. The lowest BCUT2D eigenvalue weighted by Gasteiger charge is -2.15. The summed E-state index contributed by atoms with van der Waals surface area (Å²) in [6.07, 6.45) is 1.25. The molecule has 1 N–H and O–H groups in total. The van der Waals surface area contributed by atoms with Gasteiger partial charge in [0.1, 0.15) is 0 Å². The third kappa shape index (κ3) is 2.31. The van der Waals surface area contributed by atoms with Crippen molar-refractivity contribution in [2.45, 2.75) is 17.4 Å². The summed E-state index contributed by atoms with van der Waals surface area (Å²) in [5.41, 5.74) is 0.947. The Balaban J connectivity index is 1.75. The Kier molecular flexibility index (Phi) is 3.38. The number of thioether (sulfide) groups is 1. The minimum atomic E-state index is -3.07. The van der Waals surface area contributed by atoms with Crippen LogP contribution in [-0.4, -0.2) is 32.2 Å². The van der Waals surface area contributed by atoms with E-state index in [1.54, 1.807) is 12.1 Å². The molecule has 2 aliphatic rings. The molecule has 2 unspecified atom stereocenters. The molecule has 3 nitrogen and oxygen atoms in total. The number of rotatable bonds is 3. The average Bonchev–Trinajstić information content (AvgIpc) is 2.95. The van der Waals surface area contributed by atoms with Gasteiger partial charge in [-0.1, -0.05) is 18.2 Å². The first-order chi connectivity index (χ1) is 8.67. The molecule has 0 bridgehead atoms. The fraction of sp³-hybridized carbons (Fsp3) is 0.538. The van der Waals surface area contributed by atoms with Gasteiger partial charge in [-0.3, -0.25) is 0 Å². The molecule has 0 radical (unpaired) electrons. The molecule has 18 heavy (non-hydrogen) atoms. The van der Waals surface area contributed by atoms with Gasteiger partial charge in [0.25, 0.3) is 0 Å². The molecule has 1 aromatic rings. The zero-order chi connectivity index (χ0) is 12.6. The molecular weight excluding hydrogens is 266 g/mol. The molecule has 1 fully saturated rings. The topological polar surface area (TPSA) is 46.2 Å². The summed E-state index contributed by atoms with van der Waals surface area (Å²) < 4.78 is 24.0. The second kappa shape index (κ2) is 4.87. The molecule has 0 aromatic heterocycles. The Labute approximate surface area is 112 Å². The largest absolute Gasteiger partial charge is 0.309 e. The zero-order valence-electron chi connectivity index (χ0n) is 10.1. The Hall–Kier alpha value is -0.520. The highest BCUT2D eigenvalue weighted by Crippen LogP contribution is 2.33. The van der Waals surface area contributed by atoms with Crippen LogP contribution in [0.5, 0.6) is 0 Å². The van der Waals surface area contributed by atoms with Crippen LogP contribution in [0, 0.1) is 5.92 Å². The molecular formula is C13H17NO2S2. The number of hydrogen-bond donors (Lipinski definition) is 1. The average molecular weight is 283 g/mol. The molecule has 5 heteroatoms. The first-order valence-electron chi connectivity index (χ1n) is 6.29. The van der Waals surface area contributed by atoms with E-state index in [9.17, 15) is 8.42 Å². The second-order valence-electron chi connectivity index (χ2n) is 5.01. The third-order valence-electron chi connectivity index (χ3n) is 3.69. The van der Waals surface area contributed by atoms with Crippen molar-refractivity contribution in [3.05, 3.63) is 29.8 Å². The summed E-state index contributed by atoms with van der Waals surface area (Å²) in [6.45, 7) is 0.932. The first kappa shape index (κ1) is 12.5. The van der Waals surface area contributed by atoms with Gasteiger partial charge in [0.05, 0.1) is 10.6 Å². The van der Waals surface area contributed by atoms with Crippen molar-refractivity contribution in [1.82, 2.24) is 5.32 Å². The lowest BCUT2D eigenvalue weighted by Crippen LogP contribution is -2.28. The Bertz CT molecular complexity index is 536. The van der Waals surface area contributed by atoms with Crippen molar-refractivity contribution in [3.63, 3.8) is 0 Å². The van der Waals surface area contributed by atoms with Crippen molar-refractivity contribution >= 4 is 21.6 Å². The standard InChI is InChI=1S/C13H17NO2S2/c15-18(16)9-12(11-3-1-2-4-13(11)18)14-7-10-5-6-17-8-10/h1-4,10,12,14H,5-9H2. The summed E-state index contributed by atoms with van der Waals surface area (Å²) in [5.74, 6) is 3.36. The summed E-state index contributed by atoms with van der Waals surface area (Å²) in [7, 11) is -3.07. The van der Waals surface area contributed by atoms with Crippen LogP contribution in [0.2, 0.25) is 0 Å². The normalized spacial score (nSPS) is 29.3. The van der Waals surface area contributed by atoms with E-state index < -0.39 is 9.84 Å². The maximum Gasteiger partial charge on any atom is 0.180 e. The van der Waals surface area contributed by atoms with E-state index in [1.807, 2.05) is 23.9 Å². The van der Waals surface area contributed by atoms with Gasteiger partial charge < -0.3 is 5.32 Å². The number of sulfone groups is 1. The fourth-order valence-corrected chi connectivity index (χ4v) is 5.73. The van der Waals surface area contributed by atoms with E-state index in [0.717, 1.165) is 12.1 Å². The van der Waals surface area contributed by atoms with Gasteiger partial charge in [-0.05, 0) is 42.0 Å². The summed E-state index contributed by atoms with van der Waals surface area (Å²) in [4.78, 5) is 0.517. The summed E-state index contributed by atoms with van der Waals surface area (Å²) in [6, 6.07) is 7.35. The SMILES string of the molecule is O=S1(=O)CC(NCC2CCSC2)c2ccccc21. The van der Waals surface area contributed by atoms with E-state index >= 15 is 0 Å². The van der Waals surface area contributed by atoms with Crippen LogP contribution in [0.15, 0.2) is 29.2 Å². The monoisotopic (exact) mass is 283 g/mol. The van der Waals surface area contributed by atoms with Crippen molar-refractivity contribution in [3.8, 4) is 0 Å². The van der Waals surface area contributed by atoms with Crippen molar-refractivity contribution in [2.75, 3.05) is 23.8 Å². The number of hydrogen-bond acceptors (Lipinski definition) is 4. The smallest absolute Gasteiger partial charge is 0.180 e. The highest BCUT2D eigenvalue weighted by molar-refractivity contribution is 7.99. The molecule has 2 heterocycles. The van der Waals surface area contributed by atoms with Gasteiger partial charge in [0.15, 0.2) is 9.84 Å². The van der Waals surface area contributed by atoms with Crippen LogP contribution >= 0.6 is 11.8 Å². The lowest BCUT2D eigenvalue weighted by atomic mass is 10.1. The van der Waals surface area contributed by atoms with Gasteiger partial charge in [0, 0.05) is 6.04 Å². The number of fused-ring (bicyclic) bond motifs is 1. The Morgan fingerprint density at radius 2 is 2.17 bits per heavy atom. The Morgan fingerprint density at radius 3 is 2.94 bits per heavy atom. The summed E-state index contributed by atoms with van der Waals surface area (Å²) in [5, 5.41) is 3.44. The molecule has 98 valence electrons. The zero-order valence-corrected chi connectivity index (χ0v) is 11.8. The van der Waals surface area contributed by atoms with E-state index in [4.69, 9.17) is 0 Å². The number of nitrogens with one attached hydrogen (secondary N) is 1. The van der Waals surface area contributed by atoms with Gasteiger partial charge in [0.2, 0.25) is 0 Å². The van der Waals surface area contributed by atoms with Crippen LogP contribution < -0.4 is 5.32 Å². The maximum absolute atomic E-state index is 12.0. The van der Waals surface area contributed by atoms with Gasteiger partial charge in [-0.15, -0.1) is 0 Å². The third-order valence-corrected chi connectivity index (χ3v) is 6.74. The maximum atomic E-state index is 12.0. The van der Waals surface area contributed by atoms with E-state index in [1.165, 1.54) is 17.9 Å². The Morgan fingerprint density at radius 1 is 1.33 bits per heavy atom. The van der Waals surface area contributed by atoms with Crippen LogP contribution in [-0.2, 0) is 9.84 Å². The van der Waals surface area contributed by atoms with Crippen LogP contribution in [0.1, 0.15) is 18.0 Å².